The average Bonchev–Trinajstić information content (AvgIpc) is 2.52. The monoisotopic (exact) mass is 414 g/mol. The first-order valence-electron chi connectivity index (χ1n) is 7.52. The second-order valence-corrected chi connectivity index (χ2v) is 8.01. The van der Waals surface area contributed by atoms with E-state index in [1.165, 1.54) is 30.4 Å². The first-order valence-corrected chi connectivity index (χ1v) is 8.96. The number of likely N-dealkylation sites (N-methyl/N-ethyl adjacent to an activating group) is 2. The van der Waals surface area contributed by atoms with Crippen molar-refractivity contribution in [1.29, 1.82) is 0 Å². The quantitative estimate of drug-likeness (QED) is 0.692. The molecule has 0 spiro atoms. The van der Waals surface area contributed by atoms with Crippen LogP contribution in [0.5, 0.6) is 0 Å². The standard InChI is InChI=1S/C15H26N4O3S.2ClH/c1-12(2)14(16)7-9-18(3)15(20)11-19(4)23(21,22)13-6-5-8-17-10-13;;/h5-6,8,10,12,14H,7,9,11,16H2,1-4H3;2*1H. The van der Waals surface area contributed by atoms with Crippen molar-refractivity contribution in [2.24, 2.45) is 11.7 Å². The fourth-order valence-corrected chi connectivity index (χ4v) is 2.96. The van der Waals surface area contributed by atoms with Crippen LogP contribution in [0.1, 0.15) is 20.3 Å². The lowest BCUT2D eigenvalue weighted by molar-refractivity contribution is -0.130. The van der Waals surface area contributed by atoms with Crippen LogP contribution < -0.4 is 5.73 Å². The largest absolute Gasteiger partial charge is 0.345 e. The Bertz CT molecular complexity index is 614. The molecule has 0 fully saturated rings. The molecular weight excluding hydrogens is 387 g/mol. The number of nitrogens with two attached hydrogens (primary N) is 1. The zero-order chi connectivity index (χ0) is 17.6. The van der Waals surface area contributed by atoms with E-state index in [2.05, 4.69) is 4.98 Å². The summed E-state index contributed by atoms with van der Waals surface area (Å²) in [5, 5.41) is 0. The molecule has 7 nitrogen and oxygen atoms in total. The molecule has 1 atom stereocenters. The molecule has 146 valence electrons. The average molecular weight is 415 g/mol. The Morgan fingerprint density at radius 3 is 2.36 bits per heavy atom. The van der Waals surface area contributed by atoms with Gasteiger partial charge in [-0.05, 0) is 24.5 Å². The maximum Gasteiger partial charge on any atom is 0.244 e. The number of aromatic nitrogens is 1. The van der Waals surface area contributed by atoms with Crippen LogP contribution in [0.4, 0.5) is 0 Å². The number of hydrogen-bond donors (Lipinski definition) is 1. The molecular formula is C15H28Cl2N4O3S. The molecule has 0 aromatic carbocycles. The maximum atomic E-state index is 12.3. The summed E-state index contributed by atoms with van der Waals surface area (Å²) in [6.07, 6.45) is 3.44. The molecule has 0 aliphatic carbocycles. The molecule has 0 aliphatic heterocycles. The van der Waals surface area contributed by atoms with E-state index in [4.69, 9.17) is 5.73 Å². The Balaban J connectivity index is 0. The van der Waals surface area contributed by atoms with Gasteiger partial charge in [-0.1, -0.05) is 13.8 Å². The van der Waals surface area contributed by atoms with Crippen molar-refractivity contribution >= 4 is 40.7 Å². The van der Waals surface area contributed by atoms with Gasteiger partial charge in [-0.15, -0.1) is 24.8 Å². The normalized spacial score (nSPS) is 12.3. The third-order valence-corrected chi connectivity index (χ3v) is 5.57. The molecule has 0 radical (unpaired) electrons. The van der Waals surface area contributed by atoms with Crippen LogP contribution in [0.3, 0.4) is 0 Å². The van der Waals surface area contributed by atoms with Crippen molar-refractivity contribution in [3.05, 3.63) is 24.5 Å². The van der Waals surface area contributed by atoms with Gasteiger partial charge in [0.1, 0.15) is 4.90 Å². The fourth-order valence-electron chi connectivity index (χ4n) is 1.88. The number of halogens is 2. The van der Waals surface area contributed by atoms with Gasteiger partial charge in [-0.3, -0.25) is 9.78 Å². The van der Waals surface area contributed by atoms with Crippen LogP contribution in [-0.4, -0.2) is 61.7 Å². The van der Waals surface area contributed by atoms with Gasteiger partial charge in [-0.25, -0.2) is 8.42 Å². The highest BCUT2D eigenvalue weighted by Gasteiger charge is 2.24. The van der Waals surface area contributed by atoms with Gasteiger partial charge in [0.05, 0.1) is 6.54 Å². The van der Waals surface area contributed by atoms with E-state index in [9.17, 15) is 13.2 Å². The van der Waals surface area contributed by atoms with E-state index < -0.39 is 10.0 Å². The van der Waals surface area contributed by atoms with Crippen molar-refractivity contribution in [1.82, 2.24) is 14.2 Å². The molecule has 0 saturated heterocycles. The minimum absolute atomic E-state index is 0. The SMILES string of the molecule is CC(C)C(N)CCN(C)C(=O)CN(C)S(=O)(=O)c1cccnc1.Cl.Cl. The summed E-state index contributed by atoms with van der Waals surface area (Å²) in [6.45, 7) is 4.34. The van der Waals surface area contributed by atoms with Crippen LogP contribution in [0.2, 0.25) is 0 Å². The van der Waals surface area contributed by atoms with Gasteiger partial charge in [0.25, 0.3) is 0 Å². The smallest absolute Gasteiger partial charge is 0.244 e. The van der Waals surface area contributed by atoms with Crippen molar-refractivity contribution < 1.29 is 13.2 Å². The van der Waals surface area contributed by atoms with Crippen LogP contribution in [0.25, 0.3) is 0 Å². The molecule has 0 bridgehead atoms. The summed E-state index contributed by atoms with van der Waals surface area (Å²) >= 11 is 0. The first-order chi connectivity index (χ1) is 10.7. The van der Waals surface area contributed by atoms with Gasteiger partial charge in [0.15, 0.2) is 0 Å². The number of carbonyl (C=O) groups excluding carboxylic acids is 1. The highest BCUT2D eigenvalue weighted by molar-refractivity contribution is 7.89. The van der Waals surface area contributed by atoms with E-state index in [1.807, 2.05) is 13.8 Å². The minimum Gasteiger partial charge on any atom is -0.345 e. The number of pyridine rings is 1. The number of carbonyl (C=O) groups is 1. The Labute approximate surface area is 162 Å². The van der Waals surface area contributed by atoms with E-state index in [0.29, 0.717) is 18.9 Å². The third kappa shape index (κ3) is 7.87. The number of hydrogen-bond acceptors (Lipinski definition) is 5. The summed E-state index contributed by atoms with van der Waals surface area (Å²) in [4.78, 5) is 17.6. The van der Waals surface area contributed by atoms with Crippen LogP contribution >= 0.6 is 24.8 Å². The lowest BCUT2D eigenvalue weighted by atomic mass is 10.0. The van der Waals surface area contributed by atoms with Crippen molar-refractivity contribution in [3.63, 3.8) is 0 Å². The Morgan fingerprint density at radius 1 is 1.28 bits per heavy atom. The lowest BCUT2D eigenvalue weighted by Gasteiger charge is -2.24. The molecule has 1 aromatic rings. The Morgan fingerprint density at radius 2 is 1.88 bits per heavy atom. The zero-order valence-corrected chi connectivity index (χ0v) is 17.4. The summed E-state index contributed by atoms with van der Waals surface area (Å²) in [5.74, 6) is 0.0723. The number of rotatable bonds is 8. The Hall–Kier alpha value is -0.930. The summed E-state index contributed by atoms with van der Waals surface area (Å²) in [5.41, 5.74) is 5.96. The molecule has 0 aliphatic rings. The molecule has 25 heavy (non-hydrogen) atoms. The second kappa shape index (κ2) is 11.6. The molecule has 1 heterocycles. The van der Waals surface area contributed by atoms with Gasteiger partial charge < -0.3 is 10.6 Å². The molecule has 2 N–H and O–H groups in total. The molecule has 1 unspecified atom stereocenters. The minimum atomic E-state index is -3.71. The van der Waals surface area contributed by atoms with E-state index >= 15 is 0 Å². The Kier molecular flexibility index (Phi) is 12.2. The highest BCUT2D eigenvalue weighted by Crippen LogP contribution is 2.12. The van der Waals surface area contributed by atoms with Crippen LogP contribution in [0.15, 0.2) is 29.4 Å². The molecule has 1 rings (SSSR count). The first kappa shape index (κ1) is 26.3. The maximum absolute atomic E-state index is 12.3. The van der Waals surface area contributed by atoms with Crippen LogP contribution in [-0.2, 0) is 14.8 Å². The van der Waals surface area contributed by atoms with Gasteiger partial charge in [0.2, 0.25) is 15.9 Å². The summed E-state index contributed by atoms with van der Waals surface area (Å²) < 4.78 is 25.7. The second-order valence-electron chi connectivity index (χ2n) is 5.96. The lowest BCUT2D eigenvalue weighted by Crippen LogP contribution is -2.41. The van der Waals surface area contributed by atoms with E-state index in [1.54, 1.807) is 13.1 Å². The molecule has 1 aromatic heterocycles. The molecule has 1 amide bonds. The van der Waals surface area contributed by atoms with Crippen molar-refractivity contribution in [2.75, 3.05) is 27.2 Å². The van der Waals surface area contributed by atoms with Crippen LogP contribution in [0, 0.1) is 5.92 Å². The number of nitrogens with zero attached hydrogens (tertiary/aromatic N) is 3. The van der Waals surface area contributed by atoms with E-state index in [-0.39, 0.29) is 48.2 Å². The molecule has 10 heteroatoms. The predicted octanol–water partition coefficient (Wildman–Crippen LogP) is 1.38. The van der Waals surface area contributed by atoms with Gasteiger partial charge in [0, 0.05) is 39.1 Å². The topological polar surface area (TPSA) is 96.6 Å². The van der Waals surface area contributed by atoms with Crippen molar-refractivity contribution in [3.8, 4) is 0 Å². The summed E-state index contributed by atoms with van der Waals surface area (Å²) in [7, 11) is -0.678. The number of sulfonamides is 1. The molecule has 0 saturated carbocycles. The number of amides is 1. The predicted molar refractivity (Wildman–Crippen MR) is 104 cm³/mol. The summed E-state index contributed by atoms with van der Waals surface area (Å²) in [6, 6.07) is 3.01. The highest BCUT2D eigenvalue weighted by atomic mass is 35.5. The van der Waals surface area contributed by atoms with Gasteiger partial charge in [-0.2, -0.15) is 4.31 Å². The van der Waals surface area contributed by atoms with Gasteiger partial charge >= 0.3 is 0 Å². The van der Waals surface area contributed by atoms with Crippen molar-refractivity contribution in [2.45, 2.75) is 31.2 Å². The van der Waals surface area contributed by atoms with E-state index in [0.717, 1.165) is 4.31 Å². The third-order valence-electron chi connectivity index (χ3n) is 3.78. The zero-order valence-electron chi connectivity index (χ0n) is 15.0. The fraction of sp³-hybridized carbons (Fsp3) is 0.600.